The highest BCUT2D eigenvalue weighted by Gasteiger charge is 2.12. The maximum atomic E-state index is 13.3. The van der Waals surface area contributed by atoms with E-state index in [-0.39, 0.29) is 22.8 Å². The van der Waals surface area contributed by atoms with Crippen molar-refractivity contribution in [2.45, 2.75) is 6.54 Å². The number of carbonyl (C=O) groups is 1. The molecule has 2 rings (SSSR count). The molecule has 0 spiro atoms. The minimum Gasteiger partial charge on any atom is -0.465 e. The summed E-state index contributed by atoms with van der Waals surface area (Å²) >= 11 is 5.60. The van der Waals surface area contributed by atoms with Crippen molar-refractivity contribution in [2.24, 2.45) is 0 Å². The second kappa shape index (κ2) is 6.54. The summed E-state index contributed by atoms with van der Waals surface area (Å²) in [6, 6.07) is 8.01. The summed E-state index contributed by atoms with van der Waals surface area (Å²) < 4.78 is 31.3. The second-order valence-corrected chi connectivity index (χ2v) is 4.69. The number of anilines is 1. The first-order chi connectivity index (χ1) is 10.0. The lowest BCUT2D eigenvalue weighted by molar-refractivity contribution is 0.0601. The zero-order valence-electron chi connectivity index (χ0n) is 11.1. The number of hydrogen-bond acceptors (Lipinski definition) is 3. The van der Waals surface area contributed by atoms with Crippen LogP contribution in [0, 0.1) is 11.6 Å². The molecule has 0 amide bonds. The van der Waals surface area contributed by atoms with Crippen LogP contribution in [0.25, 0.3) is 0 Å². The summed E-state index contributed by atoms with van der Waals surface area (Å²) in [5.74, 6) is -1.62. The molecule has 0 aliphatic rings. The van der Waals surface area contributed by atoms with Gasteiger partial charge in [-0.3, -0.25) is 0 Å². The van der Waals surface area contributed by atoms with Gasteiger partial charge in [0.1, 0.15) is 11.6 Å². The topological polar surface area (TPSA) is 38.3 Å². The number of esters is 1. The van der Waals surface area contributed by atoms with Gasteiger partial charge in [-0.1, -0.05) is 17.7 Å². The lowest BCUT2D eigenvalue weighted by Gasteiger charge is -2.11. The van der Waals surface area contributed by atoms with Crippen LogP contribution in [0.15, 0.2) is 36.4 Å². The number of carbonyl (C=O) groups excluding carboxylic acids is 1. The number of methoxy groups -OCH3 is 1. The van der Waals surface area contributed by atoms with Gasteiger partial charge in [0.15, 0.2) is 0 Å². The summed E-state index contributed by atoms with van der Waals surface area (Å²) in [6.45, 7) is 0.210. The Bertz CT molecular complexity index is 677. The number of ether oxygens (including phenoxy) is 1. The fourth-order valence-electron chi connectivity index (χ4n) is 1.80. The molecule has 0 aliphatic heterocycles. The van der Waals surface area contributed by atoms with Crippen LogP contribution in [-0.2, 0) is 11.3 Å². The highest BCUT2D eigenvalue weighted by atomic mass is 35.5. The van der Waals surface area contributed by atoms with E-state index in [0.29, 0.717) is 5.56 Å². The smallest absolute Gasteiger partial charge is 0.339 e. The van der Waals surface area contributed by atoms with E-state index >= 15 is 0 Å². The van der Waals surface area contributed by atoms with Crippen LogP contribution in [0.2, 0.25) is 5.02 Å². The molecular weight excluding hydrogens is 300 g/mol. The maximum absolute atomic E-state index is 13.3. The van der Waals surface area contributed by atoms with E-state index in [9.17, 15) is 13.6 Å². The Balaban J connectivity index is 2.20. The molecule has 1 N–H and O–H groups in total. The highest BCUT2D eigenvalue weighted by Crippen LogP contribution is 2.20. The molecule has 0 aromatic heterocycles. The molecule has 2 aromatic carbocycles. The van der Waals surface area contributed by atoms with Crippen molar-refractivity contribution in [1.29, 1.82) is 0 Å². The van der Waals surface area contributed by atoms with Crippen LogP contribution >= 0.6 is 11.6 Å². The molecular formula is C15H12ClF2NO2. The largest absolute Gasteiger partial charge is 0.465 e. The van der Waals surface area contributed by atoms with Gasteiger partial charge in [0.05, 0.1) is 23.4 Å². The number of benzene rings is 2. The number of nitrogens with one attached hydrogen (secondary N) is 1. The molecule has 110 valence electrons. The Morgan fingerprint density at radius 3 is 2.67 bits per heavy atom. The fraction of sp³-hybridized carbons (Fsp3) is 0.133. The number of rotatable bonds is 4. The van der Waals surface area contributed by atoms with E-state index in [1.54, 1.807) is 6.07 Å². The zero-order chi connectivity index (χ0) is 15.4. The lowest BCUT2D eigenvalue weighted by atomic mass is 10.1. The van der Waals surface area contributed by atoms with Gasteiger partial charge in [-0.05, 0) is 35.9 Å². The molecule has 21 heavy (non-hydrogen) atoms. The molecule has 0 heterocycles. The van der Waals surface area contributed by atoms with Gasteiger partial charge in [-0.15, -0.1) is 0 Å². The van der Waals surface area contributed by atoms with Crippen LogP contribution in [0.4, 0.5) is 14.5 Å². The third kappa shape index (κ3) is 3.70. The fourth-order valence-corrected chi connectivity index (χ4v) is 1.92. The van der Waals surface area contributed by atoms with E-state index in [0.717, 1.165) is 0 Å². The molecule has 0 bridgehead atoms. The third-order valence-electron chi connectivity index (χ3n) is 2.85. The van der Waals surface area contributed by atoms with Gasteiger partial charge in [-0.25, -0.2) is 13.6 Å². The average molecular weight is 312 g/mol. The quantitative estimate of drug-likeness (QED) is 0.867. The maximum Gasteiger partial charge on any atom is 0.339 e. The van der Waals surface area contributed by atoms with E-state index in [4.69, 9.17) is 11.6 Å². The van der Waals surface area contributed by atoms with Crippen molar-refractivity contribution in [2.75, 3.05) is 12.4 Å². The average Bonchev–Trinajstić information content (AvgIpc) is 2.48. The summed E-state index contributed by atoms with van der Waals surface area (Å²) in [4.78, 5) is 11.6. The monoisotopic (exact) mass is 311 g/mol. The van der Waals surface area contributed by atoms with Gasteiger partial charge in [0, 0.05) is 6.54 Å². The Morgan fingerprint density at radius 2 is 2.00 bits per heavy atom. The molecule has 0 saturated carbocycles. The number of hydrogen-bond donors (Lipinski definition) is 1. The summed E-state index contributed by atoms with van der Waals surface area (Å²) in [5.41, 5.74) is 1.09. The van der Waals surface area contributed by atoms with E-state index < -0.39 is 17.6 Å². The Morgan fingerprint density at radius 1 is 1.24 bits per heavy atom. The molecule has 0 atom stereocenters. The molecule has 0 fully saturated rings. The third-order valence-corrected chi connectivity index (χ3v) is 3.16. The lowest BCUT2D eigenvalue weighted by Crippen LogP contribution is -2.09. The van der Waals surface area contributed by atoms with Crippen LogP contribution < -0.4 is 5.32 Å². The normalized spacial score (nSPS) is 10.3. The van der Waals surface area contributed by atoms with Crippen molar-refractivity contribution in [3.63, 3.8) is 0 Å². The van der Waals surface area contributed by atoms with Crippen molar-refractivity contribution in [1.82, 2.24) is 0 Å². The molecule has 6 heteroatoms. The highest BCUT2D eigenvalue weighted by molar-refractivity contribution is 6.30. The SMILES string of the molecule is COC(=O)c1ccc(F)cc1NCc1ccc(Cl)c(F)c1. The molecule has 3 nitrogen and oxygen atoms in total. The van der Waals surface area contributed by atoms with Gasteiger partial charge < -0.3 is 10.1 Å². The first kappa shape index (κ1) is 15.3. The van der Waals surface area contributed by atoms with E-state index in [1.807, 2.05) is 0 Å². The molecule has 2 aromatic rings. The number of halogens is 3. The minimum absolute atomic E-state index is 0.0276. The van der Waals surface area contributed by atoms with Gasteiger partial charge in [0.2, 0.25) is 0 Å². The predicted octanol–water partition coefficient (Wildman–Crippen LogP) is 4.02. The predicted molar refractivity (Wildman–Crippen MR) is 76.5 cm³/mol. The first-order valence-electron chi connectivity index (χ1n) is 6.07. The van der Waals surface area contributed by atoms with E-state index in [2.05, 4.69) is 10.1 Å². The van der Waals surface area contributed by atoms with Crippen molar-refractivity contribution in [3.05, 3.63) is 64.2 Å². The van der Waals surface area contributed by atoms with Gasteiger partial charge in [0.25, 0.3) is 0 Å². The Labute approximate surface area is 125 Å². The van der Waals surface area contributed by atoms with Crippen LogP contribution in [0.1, 0.15) is 15.9 Å². The van der Waals surface area contributed by atoms with E-state index in [1.165, 1.54) is 37.4 Å². The van der Waals surface area contributed by atoms with Crippen molar-refractivity contribution < 1.29 is 18.3 Å². The zero-order valence-corrected chi connectivity index (χ0v) is 11.9. The van der Waals surface area contributed by atoms with Crippen molar-refractivity contribution >= 4 is 23.3 Å². The Kier molecular flexibility index (Phi) is 4.75. The first-order valence-corrected chi connectivity index (χ1v) is 6.44. The van der Waals surface area contributed by atoms with Gasteiger partial charge >= 0.3 is 5.97 Å². The molecule has 0 unspecified atom stereocenters. The molecule has 0 aliphatic carbocycles. The van der Waals surface area contributed by atoms with Crippen LogP contribution in [0.3, 0.4) is 0 Å². The van der Waals surface area contributed by atoms with Crippen LogP contribution in [0.5, 0.6) is 0 Å². The minimum atomic E-state index is -0.584. The summed E-state index contributed by atoms with van der Waals surface area (Å²) in [5, 5.41) is 2.91. The summed E-state index contributed by atoms with van der Waals surface area (Å²) in [6.07, 6.45) is 0. The standard InChI is InChI=1S/C15H12ClF2NO2/c1-21-15(20)11-4-3-10(17)7-14(11)19-8-9-2-5-12(16)13(18)6-9/h2-7,19H,8H2,1H3. The summed E-state index contributed by atoms with van der Waals surface area (Å²) in [7, 11) is 1.24. The molecule has 0 radical (unpaired) electrons. The van der Waals surface area contributed by atoms with Crippen molar-refractivity contribution in [3.8, 4) is 0 Å². The van der Waals surface area contributed by atoms with Crippen LogP contribution in [-0.4, -0.2) is 13.1 Å². The second-order valence-electron chi connectivity index (χ2n) is 4.28. The van der Waals surface area contributed by atoms with Gasteiger partial charge in [-0.2, -0.15) is 0 Å². The molecule has 0 saturated heterocycles. The Hall–Kier alpha value is -2.14.